The second-order valence-electron chi connectivity index (χ2n) is 19.0. The van der Waals surface area contributed by atoms with Gasteiger partial charge in [0.15, 0.2) is 0 Å². The van der Waals surface area contributed by atoms with Gasteiger partial charge in [-0.25, -0.2) is 0 Å². The molecule has 1 atom stereocenters. The summed E-state index contributed by atoms with van der Waals surface area (Å²) in [5.74, 6) is -0.189. The van der Waals surface area contributed by atoms with Crippen molar-refractivity contribution in [2.24, 2.45) is 0 Å². The van der Waals surface area contributed by atoms with Gasteiger partial charge in [-0.15, -0.1) is 0 Å². The Labute approximate surface area is 372 Å². The maximum absolute atomic E-state index is 12.3. The van der Waals surface area contributed by atoms with Gasteiger partial charge in [0.25, 0.3) is 0 Å². The molecule has 0 aromatic rings. The highest BCUT2D eigenvalue weighted by atomic mass is 16.6. The second kappa shape index (κ2) is 53.5. The van der Waals surface area contributed by atoms with Crippen molar-refractivity contribution in [2.45, 2.75) is 328 Å². The van der Waals surface area contributed by atoms with Crippen molar-refractivity contribution in [2.75, 3.05) is 19.8 Å². The lowest BCUT2D eigenvalue weighted by Crippen LogP contribution is -2.27. The Hall–Kier alpha value is -0.610. The lowest BCUT2D eigenvalue weighted by atomic mass is 10.0. The molecule has 354 valence electrons. The molecule has 0 aliphatic heterocycles. The van der Waals surface area contributed by atoms with Crippen molar-refractivity contribution in [3.63, 3.8) is 0 Å². The van der Waals surface area contributed by atoms with Gasteiger partial charge in [-0.2, -0.15) is 0 Å². The largest absolute Gasteiger partial charge is 0.457 e. The first-order valence-corrected chi connectivity index (χ1v) is 27.6. The quantitative estimate of drug-likeness (QED) is 0.0490. The first-order chi connectivity index (χ1) is 29.2. The van der Waals surface area contributed by atoms with Crippen LogP contribution in [-0.4, -0.2) is 37.0 Å². The maximum atomic E-state index is 12.3. The summed E-state index contributed by atoms with van der Waals surface area (Å²) in [6.07, 6.45) is 65.1. The number of aliphatic hydroxyl groups excluding tert-OH is 1. The van der Waals surface area contributed by atoms with E-state index in [0.29, 0.717) is 19.6 Å². The van der Waals surface area contributed by atoms with Crippen molar-refractivity contribution >= 4 is 5.97 Å². The van der Waals surface area contributed by atoms with Gasteiger partial charge in [-0.05, 0) is 12.8 Å². The first kappa shape index (κ1) is 58.4. The monoisotopic (exact) mass is 835 g/mol. The molecule has 0 aliphatic carbocycles. The molecule has 4 heteroatoms. The summed E-state index contributed by atoms with van der Waals surface area (Å²) < 4.78 is 11.2. The molecular formula is C55H110O4. The minimum atomic E-state index is -0.526. The van der Waals surface area contributed by atoms with Crippen LogP contribution >= 0.6 is 0 Å². The zero-order valence-corrected chi connectivity index (χ0v) is 40.8. The van der Waals surface area contributed by atoms with Crippen molar-refractivity contribution in [1.29, 1.82) is 0 Å². The number of carbonyl (C=O) groups excluding carboxylic acids is 1. The molecule has 0 saturated carbocycles. The number of hydrogen-bond donors (Lipinski definition) is 1. The molecule has 0 aromatic carbocycles. The Morgan fingerprint density at radius 1 is 0.339 bits per heavy atom. The fourth-order valence-electron chi connectivity index (χ4n) is 8.80. The lowest BCUT2D eigenvalue weighted by Gasteiger charge is -2.16. The van der Waals surface area contributed by atoms with E-state index in [-0.39, 0.29) is 12.6 Å². The Balaban J connectivity index is 3.31. The minimum absolute atomic E-state index is 0.162. The summed E-state index contributed by atoms with van der Waals surface area (Å²) in [4.78, 5) is 12.3. The average Bonchev–Trinajstić information content (AvgIpc) is 3.24. The van der Waals surface area contributed by atoms with Crippen LogP contribution in [0.2, 0.25) is 0 Å². The normalized spacial score (nSPS) is 12.1. The summed E-state index contributed by atoms with van der Waals surface area (Å²) in [7, 11) is 0. The van der Waals surface area contributed by atoms with Gasteiger partial charge in [0.1, 0.15) is 6.10 Å². The van der Waals surface area contributed by atoms with Crippen LogP contribution in [0.1, 0.15) is 322 Å². The van der Waals surface area contributed by atoms with Crippen LogP contribution in [0.5, 0.6) is 0 Å². The molecule has 0 aromatic heterocycles. The van der Waals surface area contributed by atoms with E-state index in [4.69, 9.17) is 9.47 Å². The predicted molar refractivity (Wildman–Crippen MR) is 261 cm³/mol. The molecule has 0 spiro atoms. The molecular weight excluding hydrogens is 725 g/mol. The Morgan fingerprint density at radius 2 is 0.559 bits per heavy atom. The minimum Gasteiger partial charge on any atom is -0.457 e. The molecule has 0 fully saturated rings. The number of ether oxygens (including phenoxy) is 2. The molecule has 0 radical (unpaired) electrons. The van der Waals surface area contributed by atoms with Crippen molar-refractivity contribution < 1.29 is 19.4 Å². The molecule has 4 nitrogen and oxygen atoms in total. The lowest BCUT2D eigenvalue weighted by molar-refractivity contribution is -0.154. The van der Waals surface area contributed by atoms with Crippen molar-refractivity contribution in [3.8, 4) is 0 Å². The van der Waals surface area contributed by atoms with Crippen molar-refractivity contribution in [3.05, 3.63) is 0 Å². The SMILES string of the molecule is CCCCCCCCCCCCCCCCCCCCCCCCCCC(=O)OC(CO)COCCCCCCCCCCCCCCCCCCCCCCCCC. The highest BCUT2D eigenvalue weighted by Gasteiger charge is 2.13. The zero-order chi connectivity index (χ0) is 42.6. The zero-order valence-electron chi connectivity index (χ0n) is 40.8. The van der Waals surface area contributed by atoms with Gasteiger partial charge < -0.3 is 14.6 Å². The number of unbranched alkanes of at least 4 members (excludes halogenated alkanes) is 45. The molecule has 0 heterocycles. The average molecular weight is 835 g/mol. The molecule has 0 rings (SSSR count). The van der Waals surface area contributed by atoms with Crippen LogP contribution in [0.15, 0.2) is 0 Å². The van der Waals surface area contributed by atoms with Gasteiger partial charge in [-0.1, -0.05) is 303 Å². The summed E-state index contributed by atoms with van der Waals surface area (Å²) in [6, 6.07) is 0. The van der Waals surface area contributed by atoms with E-state index < -0.39 is 6.10 Å². The Bertz CT molecular complexity index is 755. The summed E-state index contributed by atoms with van der Waals surface area (Å²) >= 11 is 0. The topological polar surface area (TPSA) is 55.8 Å². The van der Waals surface area contributed by atoms with Crippen molar-refractivity contribution in [1.82, 2.24) is 0 Å². The van der Waals surface area contributed by atoms with E-state index in [9.17, 15) is 9.90 Å². The first-order valence-electron chi connectivity index (χ1n) is 27.6. The summed E-state index contributed by atoms with van der Waals surface area (Å²) in [5.41, 5.74) is 0. The molecule has 1 N–H and O–H groups in total. The number of esters is 1. The maximum Gasteiger partial charge on any atom is 0.306 e. The fraction of sp³-hybridized carbons (Fsp3) is 0.982. The van der Waals surface area contributed by atoms with Crippen LogP contribution in [0, 0.1) is 0 Å². The van der Waals surface area contributed by atoms with Gasteiger partial charge in [0.05, 0.1) is 13.2 Å². The van der Waals surface area contributed by atoms with Crippen LogP contribution in [0.3, 0.4) is 0 Å². The summed E-state index contributed by atoms with van der Waals surface area (Å²) in [6.45, 7) is 5.43. The van der Waals surface area contributed by atoms with Crippen LogP contribution in [0.25, 0.3) is 0 Å². The third-order valence-corrected chi connectivity index (χ3v) is 12.9. The summed E-state index contributed by atoms with van der Waals surface area (Å²) in [5, 5.41) is 9.67. The van der Waals surface area contributed by atoms with Gasteiger partial charge >= 0.3 is 5.97 Å². The van der Waals surface area contributed by atoms with Gasteiger partial charge in [0.2, 0.25) is 0 Å². The highest BCUT2D eigenvalue weighted by molar-refractivity contribution is 5.69. The molecule has 0 bridgehead atoms. The van der Waals surface area contributed by atoms with E-state index in [1.165, 1.54) is 283 Å². The number of rotatable bonds is 53. The highest BCUT2D eigenvalue weighted by Crippen LogP contribution is 2.18. The molecule has 0 saturated heterocycles. The number of aliphatic hydroxyl groups is 1. The molecule has 1 unspecified atom stereocenters. The number of carbonyl (C=O) groups is 1. The molecule has 0 aliphatic rings. The van der Waals surface area contributed by atoms with E-state index in [2.05, 4.69) is 13.8 Å². The van der Waals surface area contributed by atoms with Gasteiger partial charge in [0, 0.05) is 13.0 Å². The Kier molecular flexibility index (Phi) is 53.0. The standard InChI is InChI=1S/C55H110O4/c1-3-5-7-9-11-13-15-17-19-21-23-25-27-28-30-32-34-36-38-40-42-44-46-48-50-55(57)59-54(52-56)53-58-51-49-47-45-43-41-39-37-35-33-31-29-26-24-22-20-18-16-14-12-10-8-6-4-2/h54,56H,3-53H2,1-2H3. The molecule has 0 amide bonds. The van der Waals surface area contributed by atoms with E-state index in [1.807, 2.05) is 0 Å². The van der Waals surface area contributed by atoms with E-state index in [0.717, 1.165) is 19.3 Å². The number of hydrogen-bond acceptors (Lipinski definition) is 4. The van der Waals surface area contributed by atoms with Crippen LogP contribution in [0.4, 0.5) is 0 Å². The van der Waals surface area contributed by atoms with Gasteiger partial charge in [-0.3, -0.25) is 4.79 Å². The fourth-order valence-corrected chi connectivity index (χ4v) is 8.80. The van der Waals surface area contributed by atoms with Crippen LogP contribution < -0.4 is 0 Å². The van der Waals surface area contributed by atoms with E-state index in [1.54, 1.807) is 0 Å². The second-order valence-corrected chi connectivity index (χ2v) is 19.0. The molecule has 59 heavy (non-hydrogen) atoms. The smallest absolute Gasteiger partial charge is 0.306 e. The predicted octanol–water partition coefficient (Wildman–Crippen LogP) is 18.7. The third-order valence-electron chi connectivity index (χ3n) is 12.9. The van der Waals surface area contributed by atoms with Crippen LogP contribution in [-0.2, 0) is 14.3 Å². The Morgan fingerprint density at radius 3 is 0.797 bits per heavy atom. The third kappa shape index (κ3) is 51.6. The van der Waals surface area contributed by atoms with E-state index >= 15 is 0 Å².